The van der Waals surface area contributed by atoms with E-state index in [1.807, 2.05) is 48.5 Å². The third-order valence-corrected chi connectivity index (χ3v) is 26.4. The first-order chi connectivity index (χ1) is 50.1. The van der Waals surface area contributed by atoms with E-state index in [-0.39, 0.29) is 0 Å². The van der Waals surface area contributed by atoms with Gasteiger partial charge < -0.3 is 9.47 Å². The first-order valence-corrected chi connectivity index (χ1v) is 40.6. The van der Waals surface area contributed by atoms with Crippen LogP contribution in [-0.2, 0) is 9.47 Å². The van der Waals surface area contributed by atoms with Crippen LogP contribution < -0.4 is 0 Å². The Morgan fingerprint density at radius 2 is 0.452 bits per heavy atom. The van der Waals surface area contributed by atoms with Gasteiger partial charge in [0.25, 0.3) is 0 Å². The van der Waals surface area contributed by atoms with Crippen LogP contribution in [0, 0.1) is 62.5 Å². The van der Waals surface area contributed by atoms with Crippen molar-refractivity contribution in [3.05, 3.63) is 320 Å². The second-order valence-corrected chi connectivity index (χ2v) is 33.3. The number of hydrogen-bond acceptors (Lipinski definition) is 4. The van der Waals surface area contributed by atoms with Gasteiger partial charge >= 0.3 is 11.9 Å². The molecule has 104 heavy (non-hydrogen) atoms. The molecular formula is C92H68Br6I2O4. The van der Waals surface area contributed by atoms with Gasteiger partial charge in [0.05, 0.1) is 25.3 Å². The van der Waals surface area contributed by atoms with Gasteiger partial charge in [-0.25, -0.2) is 9.59 Å². The Balaban J connectivity index is 0.000000124. The van der Waals surface area contributed by atoms with Crippen LogP contribution >= 0.6 is 141 Å². The summed E-state index contributed by atoms with van der Waals surface area (Å²) in [4.78, 5) is 25.6. The third-order valence-electron chi connectivity index (χ3n) is 20.0. The van der Waals surface area contributed by atoms with E-state index < -0.39 is 11.9 Å². The number of ether oxygens (including phenoxy) is 2. The molecule has 0 N–H and O–H groups in total. The lowest BCUT2D eigenvalue weighted by Gasteiger charge is -2.21. The van der Waals surface area contributed by atoms with Crippen molar-refractivity contribution in [1.82, 2.24) is 0 Å². The number of aryl methyl sites for hydroxylation is 4. The van der Waals surface area contributed by atoms with E-state index in [0.29, 0.717) is 22.3 Å². The monoisotopic (exact) mass is 1960 g/mol. The van der Waals surface area contributed by atoms with E-state index in [0.717, 1.165) is 39.4 Å². The number of fused-ring (bicyclic) bond motifs is 8. The predicted molar refractivity (Wildman–Crippen MR) is 480 cm³/mol. The zero-order chi connectivity index (χ0) is 73.7. The number of methoxy groups -OCH3 is 2. The van der Waals surface area contributed by atoms with Crippen LogP contribution in [0.2, 0.25) is 0 Å². The zero-order valence-corrected chi connectivity index (χ0v) is 72.4. The zero-order valence-electron chi connectivity index (χ0n) is 58.6. The van der Waals surface area contributed by atoms with E-state index in [2.05, 4.69) is 366 Å². The van der Waals surface area contributed by atoms with Crippen LogP contribution in [0.1, 0.15) is 65.2 Å². The highest BCUT2D eigenvalue weighted by atomic mass is 127. The van der Waals surface area contributed by atoms with Gasteiger partial charge in [-0.1, -0.05) is 258 Å². The van der Waals surface area contributed by atoms with Gasteiger partial charge in [0.2, 0.25) is 0 Å². The normalized spacial score (nSPS) is 11.2. The summed E-state index contributed by atoms with van der Waals surface area (Å²) < 4.78 is 19.0. The van der Waals surface area contributed by atoms with Crippen molar-refractivity contribution in [1.29, 1.82) is 0 Å². The minimum Gasteiger partial charge on any atom is -0.465 e. The van der Waals surface area contributed by atoms with E-state index in [4.69, 9.17) is 9.47 Å². The maximum absolute atomic E-state index is 12.8. The minimum atomic E-state index is -0.487. The van der Waals surface area contributed by atoms with Crippen LogP contribution in [0.25, 0.3) is 131 Å². The largest absolute Gasteiger partial charge is 0.465 e. The Labute approximate surface area is 684 Å². The fourth-order valence-corrected chi connectivity index (χ4v) is 20.5. The van der Waals surface area contributed by atoms with Crippen molar-refractivity contribution in [2.45, 2.75) is 55.4 Å². The summed E-state index contributed by atoms with van der Waals surface area (Å²) in [5.41, 5.74) is 20.6. The summed E-state index contributed by atoms with van der Waals surface area (Å²) in [5, 5.41) is 19.1. The Hall–Kier alpha value is -7.12. The van der Waals surface area contributed by atoms with E-state index in [1.165, 1.54) is 173 Å². The van der Waals surface area contributed by atoms with Gasteiger partial charge in [0.1, 0.15) is 0 Å². The molecule has 0 bridgehead atoms. The molecule has 0 atom stereocenters. The van der Waals surface area contributed by atoms with Crippen LogP contribution in [0.5, 0.6) is 0 Å². The number of hydrogen-bond donors (Lipinski definition) is 0. The van der Waals surface area contributed by atoms with Crippen LogP contribution in [0.15, 0.2) is 257 Å². The van der Waals surface area contributed by atoms with Crippen molar-refractivity contribution in [3.8, 4) is 44.5 Å². The molecule has 516 valence electrons. The fraction of sp³-hybridized carbons (Fsp3) is 0.109. The second-order valence-electron chi connectivity index (χ2n) is 26.0. The maximum atomic E-state index is 12.8. The van der Waals surface area contributed by atoms with Gasteiger partial charge in [-0.05, 0) is 333 Å². The summed E-state index contributed by atoms with van der Waals surface area (Å²) in [6.45, 7) is 17.8. The smallest absolute Gasteiger partial charge is 0.338 e. The molecule has 16 rings (SSSR count). The Morgan fingerprint density at radius 3 is 0.721 bits per heavy atom. The highest BCUT2D eigenvalue weighted by Crippen LogP contribution is 2.49. The van der Waals surface area contributed by atoms with Crippen LogP contribution in [0.4, 0.5) is 0 Å². The van der Waals surface area contributed by atoms with Crippen molar-refractivity contribution < 1.29 is 19.1 Å². The fourth-order valence-electron chi connectivity index (χ4n) is 14.9. The van der Waals surface area contributed by atoms with Gasteiger partial charge in [-0.15, -0.1) is 0 Å². The third kappa shape index (κ3) is 13.9. The van der Waals surface area contributed by atoms with Crippen LogP contribution in [-0.4, -0.2) is 26.2 Å². The molecule has 16 aromatic carbocycles. The summed E-state index contributed by atoms with van der Waals surface area (Å²) in [5.74, 6) is -0.974. The van der Waals surface area contributed by atoms with Crippen molar-refractivity contribution >= 4 is 239 Å². The van der Waals surface area contributed by atoms with E-state index >= 15 is 0 Å². The molecule has 0 saturated heterocycles. The molecule has 0 amide bonds. The molecule has 12 heteroatoms. The minimum absolute atomic E-state index is 0.362. The molecule has 0 unspecified atom stereocenters. The molecule has 0 aliphatic carbocycles. The second kappa shape index (κ2) is 31.7. The topological polar surface area (TPSA) is 52.6 Å². The van der Waals surface area contributed by atoms with Gasteiger partial charge in [-0.3, -0.25) is 0 Å². The van der Waals surface area contributed by atoms with Crippen molar-refractivity contribution in [3.63, 3.8) is 0 Å². The molecule has 4 nitrogen and oxygen atoms in total. The molecule has 0 heterocycles. The van der Waals surface area contributed by atoms with Crippen LogP contribution in [0.3, 0.4) is 0 Å². The molecule has 0 fully saturated rings. The number of carbonyl (C=O) groups excluding carboxylic acids is 2. The van der Waals surface area contributed by atoms with E-state index in [1.54, 1.807) is 12.1 Å². The Kier molecular flexibility index (Phi) is 22.9. The summed E-state index contributed by atoms with van der Waals surface area (Å²) in [6.07, 6.45) is 0. The average Bonchev–Trinajstić information content (AvgIpc) is 0.762. The van der Waals surface area contributed by atoms with Gasteiger partial charge in [0, 0.05) is 45.1 Å². The summed E-state index contributed by atoms with van der Waals surface area (Å²) in [7, 11) is 2.69. The van der Waals surface area contributed by atoms with Gasteiger partial charge in [-0.2, -0.15) is 0 Å². The first-order valence-electron chi connectivity index (χ1n) is 33.7. The van der Waals surface area contributed by atoms with E-state index in [9.17, 15) is 9.59 Å². The standard InChI is InChI=1S/C24H16Br2O4.C24H20Br2.C22H16Br2.C22H16I2/c1-29-23(27)17-11-19(25)13-7-3-5-9-15(13)21(17)22-16-10-6-4-8-14(16)20(26)12-18(22)24(28)30-2;1-13-15(3)23(25)19-11-7-5-9-17(19)21(13)22-14(2)16(4)24(26)20-12-8-6-10-18(20)22;2*1-13-11-19(23)15-7-3-5-9-17(15)21(13)22-14(2)12-20(24)16-8-4-6-10-18(16)22/h3-12H,1-2H3;5-12H,1-4H3;2*3-12H,1-2H3. The number of benzene rings is 16. The molecular weight excluding hydrogens is 1900 g/mol. The number of halogens is 8. The van der Waals surface area contributed by atoms with Crippen molar-refractivity contribution in [2.24, 2.45) is 0 Å². The molecule has 16 aromatic rings. The molecule has 0 saturated carbocycles. The number of carbonyl (C=O) groups is 2. The predicted octanol–water partition coefficient (Wildman–Crippen LogP) is 30.5. The quantitative estimate of drug-likeness (QED) is 0.123. The maximum Gasteiger partial charge on any atom is 0.338 e. The lowest BCUT2D eigenvalue weighted by molar-refractivity contribution is 0.0590. The average molecular weight is 1970 g/mol. The summed E-state index contributed by atoms with van der Waals surface area (Å²) >= 11 is 27.1. The number of esters is 2. The Morgan fingerprint density at radius 1 is 0.250 bits per heavy atom. The van der Waals surface area contributed by atoms with Gasteiger partial charge in [0.15, 0.2) is 0 Å². The highest BCUT2D eigenvalue weighted by molar-refractivity contribution is 14.1. The highest BCUT2D eigenvalue weighted by Gasteiger charge is 2.28. The molecule has 0 aromatic heterocycles. The molecule has 0 spiro atoms. The van der Waals surface area contributed by atoms with Crippen molar-refractivity contribution in [2.75, 3.05) is 14.2 Å². The Bertz CT molecular complexity index is 5670. The first kappa shape index (κ1) is 75.1. The molecule has 0 aliphatic heterocycles. The molecule has 0 aliphatic rings. The summed E-state index contributed by atoms with van der Waals surface area (Å²) in [6, 6.07) is 80.1. The number of rotatable bonds is 6. The SMILES string of the molecule is COC(=O)c1cc(Br)c2ccccc2c1-c1c(C(=O)OC)cc(Br)c2ccccc12.Cc1c(C)c(-c2c(C)c(C)c(Br)c3ccccc23)c2ccccc2c1Br.Cc1cc(Br)c2ccccc2c1-c1c(C)cc(Br)c2ccccc12.Cc1cc(I)c2ccccc2c1-c1c(C)cc(I)c2ccccc12. The lowest BCUT2D eigenvalue weighted by atomic mass is 9.84. The lowest BCUT2D eigenvalue weighted by Crippen LogP contribution is -2.09. The molecule has 0 radical (unpaired) electrons.